The van der Waals surface area contributed by atoms with Crippen molar-refractivity contribution in [3.05, 3.63) is 35.9 Å². The van der Waals surface area contributed by atoms with Gasteiger partial charge in [-0.2, -0.15) is 0 Å². The predicted octanol–water partition coefficient (Wildman–Crippen LogP) is 2.01. The highest BCUT2D eigenvalue weighted by molar-refractivity contribution is 5.17. The van der Waals surface area contributed by atoms with Gasteiger partial charge in [0, 0.05) is 6.42 Å². The van der Waals surface area contributed by atoms with Crippen LogP contribution in [-0.2, 0) is 6.42 Å². The van der Waals surface area contributed by atoms with E-state index in [4.69, 9.17) is 11.5 Å². The molecule has 1 aromatic rings. The monoisotopic (exact) mass is 198 g/mol. The molecule has 1 atom stereocenters. The maximum Gasteiger partial charge on any atom is 0.176 e. The summed E-state index contributed by atoms with van der Waals surface area (Å²) < 4.78 is 0. The first-order valence-corrected chi connectivity index (χ1v) is 4.99. The Morgan fingerprint density at radius 2 is 2.00 bits per heavy atom. The van der Waals surface area contributed by atoms with Crippen molar-refractivity contribution in [3.8, 4) is 24.2 Å². The number of aliphatic hydroxyl groups excluding tert-OH is 1. The first-order valence-electron chi connectivity index (χ1n) is 4.99. The van der Waals surface area contributed by atoms with Crippen molar-refractivity contribution in [2.24, 2.45) is 0 Å². The molecule has 0 heterocycles. The third-order valence-electron chi connectivity index (χ3n) is 2.01. The summed E-state index contributed by atoms with van der Waals surface area (Å²) in [4.78, 5) is 0. The molecule has 0 aliphatic rings. The lowest BCUT2D eigenvalue weighted by atomic mass is 10.1. The van der Waals surface area contributed by atoms with Gasteiger partial charge in [-0.05, 0) is 18.4 Å². The maximum atomic E-state index is 8.96. The lowest BCUT2D eigenvalue weighted by Gasteiger charge is -1.96. The first-order chi connectivity index (χ1) is 7.33. The van der Waals surface area contributed by atoms with Crippen LogP contribution in [0.15, 0.2) is 30.3 Å². The molecule has 0 saturated carbocycles. The molecule has 0 aliphatic carbocycles. The van der Waals surface area contributed by atoms with Gasteiger partial charge in [0.05, 0.1) is 0 Å². The van der Waals surface area contributed by atoms with Gasteiger partial charge in [-0.1, -0.05) is 48.1 Å². The zero-order chi connectivity index (χ0) is 10.9. The van der Waals surface area contributed by atoms with Gasteiger partial charge in [-0.15, -0.1) is 6.42 Å². The van der Waals surface area contributed by atoms with Crippen LogP contribution in [0.5, 0.6) is 0 Å². The van der Waals surface area contributed by atoms with Crippen LogP contribution < -0.4 is 0 Å². The predicted molar refractivity (Wildman–Crippen MR) is 62.0 cm³/mol. The summed E-state index contributed by atoms with van der Waals surface area (Å²) in [7, 11) is 0. The van der Waals surface area contributed by atoms with Crippen molar-refractivity contribution >= 4 is 0 Å². The molecule has 1 nitrogen and oxygen atoms in total. The molecule has 0 fully saturated rings. The lowest BCUT2D eigenvalue weighted by Crippen LogP contribution is -1.96. The zero-order valence-electron chi connectivity index (χ0n) is 8.61. The molecule has 15 heavy (non-hydrogen) atoms. The van der Waals surface area contributed by atoms with Gasteiger partial charge in [-0.3, -0.25) is 0 Å². The fourth-order valence-electron chi connectivity index (χ4n) is 1.24. The lowest BCUT2D eigenvalue weighted by molar-refractivity contribution is 0.289. The minimum Gasteiger partial charge on any atom is -0.369 e. The Kier molecular flexibility index (Phi) is 5.09. The van der Waals surface area contributed by atoms with Crippen molar-refractivity contribution in [2.45, 2.75) is 25.4 Å². The number of benzene rings is 1. The van der Waals surface area contributed by atoms with E-state index in [-0.39, 0.29) is 0 Å². The van der Waals surface area contributed by atoms with Crippen LogP contribution in [0.4, 0.5) is 0 Å². The molecule has 0 saturated heterocycles. The normalized spacial score (nSPS) is 10.9. The van der Waals surface area contributed by atoms with E-state index in [2.05, 4.69) is 29.9 Å². The van der Waals surface area contributed by atoms with Crippen molar-refractivity contribution in [3.63, 3.8) is 0 Å². The third kappa shape index (κ3) is 4.91. The Labute approximate surface area is 91.1 Å². The van der Waals surface area contributed by atoms with E-state index >= 15 is 0 Å². The minimum atomic E-state index is -0.915. The molecule has 1 aromatic carbocycles. The van der Waals surface area contributed by atoms with Crippen molar-refractivity contribution in [1.82, 2.24) is 0 Å². The number of aliphatic hydroxyl groups is 1. The number of aryl methyl sites for hydroxylation is 1. The molecule has 0 radical (unpaired) electrons. The number of terminal acetylenes is 1. The summed E-state index contributed by atoms with van der Waals surface area (Å²) in [6, 6.07) is 10.3. The van der Waals surface area contributed by atoms with E-state index in [0.717, 1.165) is 19.3 Å². The van der Waals surface area contributed by atoms with Gasteiger partial charge in [0.25, 0.3) is 0 Å². The molecule has 0 amide bonds. The van der Waals surface area contributed by atoms with Crippen LogP contribution in [0.2, 0.25) is 0 Å². The largest absolute Gasteiger partial charge is 0.369 e. The minimum absolute atomic E-state index is 0.771. The van der Waals surface area contributed by atoms with Crippen LogP contribution in [-0.4, -0.2) is 11.2 Å². The summed E-state index contributed by atoms with van der Waals surface area (Å²) in [5, 5.41) is 8.96. The first kappa shape index (κ1) is 11.4. The zero-order valence-corrected chi connectivity index (χ0v) is 8.61. The molecule has 0 aromatic heterocycles. The van der Waals surface area contributed by atoms with Gasteiger partial charge >= 0.3 is 0 Å². The second kappa shape index (κ2) is 6.71. The third-order valence-corrected chi connectivity index (χ3v) is 2.01. The van der Waals surface area contributed by atoms with Gasteiger partial charge < -0.3 is 5.11 Å². The van der Waals surface area contributed by atoms with Gasteiger partial charge in [0.1, 0.15) is 0 Å². The number of hydrogen-bond acceptors (Lipinski definition) is 1. The Morgan fingerprint density at radius 1 is 1.27 bits per heavy atom. The molecule has 1 unspecified atom stereocenters. The molecule has 1 heteroatoms. The molecule has 0 bridgehead atoms. The van der Waals surface area contributed by atoms with Crippen LogP contribution in [0.25, 0.3) is 0 Å². The quantitative estimate of drug-likeness (QED) is 0.582. The topological polar surface area (TPSA) is 20.2 Å². The van der Waals surface area contributed by atoms with Gasteiger partial charge in [-0.25, -0.2) is 0 Å². The van der Waals surface area contributed by atoms with Gasteiger partial charge in [0.2, 0.25) is 0 Å². The van der Waals surface area contributed by atoms with Crippen LogP contribution in [0.3, 0.4) is 0 Å². The molecular weight excluding hydrogens is 184 g/mol. The Morgan fingerprint density at radius 3 is 2.67 bits per heavy atom. The average Bonchev–Trinajstić information content (AvgIpc) is 2.29. The number of hydrogen-bond donors (Lipinski definition) is 1. The molecular formula is C14H14O. The van der Waals surface area contributed by atoms with Gasteiger partial charge in [0.15, 0.2) is 6.10 Å². The molecule has 1 N–H and O–H groups in total. The van der Waals surface area contributed by atoms with Crippen molar-refractivity contribution in [2.75, 3.05) is 0 Å². The van der Waals surface area contributed by atoms with Crippen molar-refractivity contribution in [1.29, 1.82) is 0 Å². The SMILES string of the molecule is C#CC(O)C#CCCCc1ccccc1. The molecule has 76 valence electrons. The summed E-state index contributed by atoms with van der Waals surface area (Å²) in [6.07, 6.45) is 6.84. The van der Waals surface area contributed by atoms with Crippen LogP contribution in [0.1, 0.15) is 18.4 Å². The number of unbranched alkanes of at least 4 members (excludes halogenated alkanes) is 1. The highest BCUT2D eigenvalue weighted by atomic mass is 16.3. The van der Waals surface area contributed by atoms with E-state index in [9.17, 15) is 0 Å². The molecule has 0 aliphatic heterocycles. The second-order valence-electron chi connectivity index (χ2n) is 3.23. The number of rotatable bonds is 3. The van der Waals surface area contributed by atoms with E-state index < -0.39 is 6.10 Å². The summed E-state index contributed by atoms with van der Waals surface area (Å²) in [5.74, 6) is 7.61. The standard InChI is InChI=1S/C14H14O/c1-2-14(15)12-8-4-7-11-13-9-5-3-6-10-13/h1,3,5-6,9-10,14-15H,4,7,11H2. The average molecular weight is 198 g/mol. The van der Waals surface area contributed by atoms with Crippen LogP contribution in [0, 0.1) is 24.2 Å². The smallest absolute Gasteiger partial charge is 0.176 e. The summed E-state index contributed by atoms with van der Waals surface area (Å²) >= 11 is 0. The molecule has 0 spiro atoms. The Bertz CT molecular complexity index is 375. The second-order valence-corrected chi connectivity index (χ2v) is 3.23. The molecule has 1 rings (SSSR count). The van der Waals surface area contributed by atoms with Crippen molar-refractivity contribution < 1.29 is 5.11 Å². The highest BCUT2D eigenvalue weighted by Gasteiger charge is 1.90. The van der Waals surface area contributed by atoms with Crippen LogP contribution >= 0.6 is 0 Å². The van der Waals surface area contributed by atoms with E-state index in [1.165, 1.54) is 5.56 Å². The summed E-state index contributed by atoms with van der Waals surface area (Å²) in [6.45, 7) is 0. The van der Waals surface area contributed by atoms with E-state index in [1.807, 2.05) is 18.2 Å². The highest BCUT2D eigenvalue weighted by Crippen LogP contribution is 2.03. The fraction of sp³-hybridized carbons (Fsp3) is 0.286. The summed E-state index contributed by atoms with van der Waals surface area (Å²) in [5.41, 5.74) is 1.32. The maximum absolute atomic E-state index is 8.96. The van der Waals surface area contributed by atoms with E-state index in [0.29, 0.717) is 0 Å². The Hall–Kier alpha value is -1.70. The van der Waals surface area contributed by atoms with E-state index in [1.54, 1.807) is 0 Å². The Balaban J connectivity index is 2.23. The fourth-order valence-corrected chi connectivity index (χ4v) is 1.24.